The summed E-state index contributed by atoms with van der Waals surface area (Å²) in [5.41, 5.74) is 1.10. The number of unbranched alkanes of at least 4 members (excludes halogenated alkanes) is 11. The molecule has 0 saturated heterocycles. The van der Waals surface area contributed by atoms with E-state index in [9.17, 15) is 13.2 Å². The number of allylic oxidation sites excluding steroid dienone is 2. The van der Waals surface area contributed by atoms with Crippen LogP contribution in [0, 0.1) is 0 Å². The number of sulfonamides is 1. The van der Waals surface area contributed by atoms with Gasteiger partial charge in [0.25, 0.3) is 5.91 Å². The molecule has 0 unspecified atom stereocenters. The normalized spacial score (nSPS) is 13.5. The smallest absolute Gasteiger partial charge is 0.267 e. The molecule has 0 radical (unpaired) electrons. The molecular formula is C29H46N2O4S. The van der Waals surface area contributed by atoms with Crippen LogP contribution in [0.25, 0.3) is 0 Å². The molecule has 1 aromatic rings. The van der Waals surface area contributed by atoms with Crippen LogP contribution in [0.5, 0.6) is 5.75 Å². The SMILES string of the molecule is CCCCCCCCCCCCCCOc1ccc(C(=O)N(CC2=CCC=CN2C)S(C)(=O)=O)cc1. The fourth-order valence-electron chi connectivity index (χ4n) is 4.30. The lowest BCUT2D eigenvalue weighted by atomic mass is 10.1. The summed E-state index contributed by atoms with van der Waals surface area (Å²) in [6.45, 7) is 2.92. The van der Waals surface area contributed by atoms with Gasteiger partial charge >= 0.3 is 0 Å². The largest absolute Gasteiger partial charge is 0.494 e. The lowest BCUT2D eigenvalue weighted by Gasteiger charge is -2.27. The zero-order valence-corrected chi connectivity index (χ0v) is 23.4. The zero-order valence-electron chi connectivity index (χ0n) is 22.6. The van der Waals surface area contributed by atoms with E-state index in [4.69, 9.17) is 4.74 Å². The number of benzene rings is 1. The molecular weight excluding hydrogens is 472 g/mol. The maximum atomic E-state index is 13.0. The second kappa shape index (κ2) is 16.5. The number of rotatable bonds is 18. The molecule has 2 rings (SSSR count). The van der Waals surface area contributed by atoms with E-state index in [1.165, 1.54) is 64.2 Å². The van der Waals surface area contributed by atoms with Crippen molar-refractivity contribution in [3.63, 3.8) is 0 Å². The third-order valence-corrected chi connectivity index (χ3v) is 7.67. The van der Waals surface area contributed by atoms with Gasteiger partial charge < -0.3 is 9.64 Å². The van der Waals surface area contributed by atoms with Gasteiger partial charge in [-0.2, -0.15) is 0 Å². The van der Waals surface area contributed by atoms with Crippen molar-refractivity contribution < 1.29 is 17.9 Å². The summed E-state index contributed by atoms with van der Waals surface area (Å²) in [7, 11) is -1.88. The van der Waals surface area contributed by atoms with Crippen molar-refractivity contribution in [3.05, 3.63) is 53.9 Å². The number of hydrogen-bond donors (Lipinski definition) is 0. The van der Waals surface area contributed by atoms with Gasteiger partial charge in [0.2, 0.25) is 10.0 Å². The average Bonchev–Trinajstić information content (AvgIpc) is 2.85. The number of nitrogens with zero attached hydrogens (tertiary/aromatic N) is 2. The highest BCUT2D eigenvalue weighted by molar-refractivity contribution is 7.88. The number of hydrogen-bond acceptors (Lipinski definition) is 5. The Kier molecular flexibility index (Phi) is 13.7. The maximum Gasteiger partial charge on any atom is 0.267 e. The standard InChI is InChI=1S/C29H46N2O4S/c1-4-5-6-7-8-9-10-11-12-13-14-17-24-35-28-21-19-26(20-22-28)29(32)31(36(3,33)34)25-27-18-15-16-23-30(27)2/h16,18-23H,4-15,17,24-25H2,1-3H3. The van der Waals surface area contributed by atoms with Crippen LogP contribution in [0.15, 0.2) is 48.3 Å². The monoisotopic (exact) mass is 518 g/mol. The highest BCUT2D eigenvalue weighted by Gasteiger charge is 2.26. The van der Waals surface area contributed by atoms with Crippen molar-refractivity contribution in [2.75, 3.05) is 26.5 Å². The van der Waals surface area contributed by atoms with Crippen molar-refractivity contribution in [2.24, 2.45) is 0 Å². The van der Waals surface area contributed by atoms with Crippen LogP contribution in [-0.4, -0.2) is 50.0 Å². The second-order valence-corrected chi connectivity index (χ2v) is 11.7. The van der Waals surface area contributed by atoms with E-state index in [0.29, 0.717) is 17.9 Å². The third kappa shape index (κ3) is 11.2. The van der Waals surface area contributed by atoms with Crippen LogP contribution in [-0.2, 0) is 10.0 Å². The Bertz CT molecular complexity index is 939. The Morgan fingerprint density at radius 3 is 2.00 bits per heavy atom. The first-order valence-corrected chi connectivity index (χ1v) is 15.5. The summed E-state index contributed by atoms with van der Waals surface area (Å²) in [6, 6.07) is 6.75. The number of carbonyl (C=O) groups is 1. The summed E-state index contributed by atoms with van der Waals surface area (Å²) in [4.78, 5) is 14.8. The second-order valence-electron chi connectivity index (χ2n) is 9.76. The van der Waals surface area contributed by atoms with Crippen LogP contribution in [0.4, 0.5) is 0 Å². The molecule has 202 valence electrons. The first kappa shape index (κ1) is 29.9. The van der Waals surface area contributed by atoms with E-state index in [1.54, 1.807) is 24.3 Å². The number of likely N-dealkylation sites (N-methyl/N-ethyl adjacent to an activating group) is 1. The van der Waals surface area contributed by atoms with E-state index in [1.807, 2.05) is 30.3 Å². The molecule has 1 aliphatic heterocycles. The minimum absolute atomic E-state index is 0.00964. The molecule has 0 aliphatic carbocycles. The van der Waals surface area contributed by atoms with Crippen molar-refractivity contribution >= 4 is 15.9 Å². The molecule has 1 aliphatic rings. The molecule has 7 heteroatoms. The average molecular weight is 519 g/mol. The summed E-state index contributed by atoms with van der Waals surface area (Å²) >= 11 is 0. The quantitative estimate of drug-likeness (QED) is 0.198. The Balaban J connectivity index is 1.68. The highest BCUT2D eigenvalue weighted by atomic mass is 32.2. The highest BCUT2D eigenvalue weighted by Crippen LogP contribution is 2.19. The van der Waals surface area contributed by atoms with E-state index in [2.05, 4.69) is 6.92 Å². The van der Waals surface area contributed by atoms with Crippen LogP contribution in [0.1, 0.15) is 101 Å². The van der Waals surface area contributed by atoms with Crippen LogP contribution < -0.4 is 4.74 Å². The Morgan fingerprint density at radius 2 is 1.47 bits per heavy atom. The first-order valence-electron chi connectivity index (χ1n) is 13.7. The number of carbonyl (C=O) groups excluding carboxylic acids is 1. The van der Waals surface area contributed by atoms with E-state index >= 15 is 0 Å². The fourth-order valence-corrected chi connectivity index (χ4v) is 5.07. The Labute approximate surface area is 219 Å². The predicted molar refractivity (Wildman–Crippen MR) is 148 cm³/mol. The zero-order chi connectivity index (χ0) is 26.2. The minimum Gasteiger partial charge on any atom is -0.494 e. The van der Waals surface area contributed by atoms with Gasteiger partial charge in [0.05, 0.1) is 19.4 Å². The third-order valence-electron chi connectivity index (χ3n) is 6.57. The topological polar surface area (TPSA) is 66.9 Å². The summed E-state index contributed by atoms with van der Waals surface area (Å²) in [6.07, 6.45) is 23.2. The van der Waals surface area contributed by atoms with Gasteiger partial charge in [0.15, 0.2) is 0 Å². The van der Waals surface area contributed by atoms with Gasteiger partial charge in [-0.05, 0) is 43.3 Å². The van der Waals surface area contributed by atoms with Gasteiger partial charge in [-0.15, -0.1) is 0 Å². The van der Waals surface area contributed by atoms with Crippen LogP contribution in [0.2, 0.25) is 0 Å². The van der Waals surface area contributed by atoms with Crippen LogP contribution >= 0.6 is 0 Å². The molecule has 1 amide bonds. The maximum absolute atomic E-state index is 13.0. The van der Waals surface area contributed by atoms with E-state index < -0.39 is 15.9 Å². The Hall–Kier alpha value is -2.28. The van der Waals surface area contributed by atoms with Gasteiger partial charge in [-0.25, -0.2) is 12.7 Å². The van der Waals surface area contributed by atoms with Crippen molar-refractivity contribution in [3.8, 4) is 5.75 Å². The molecule has 0 fully saturated rings. The summed E-state index contributed by atoms with van der Waals surface area (Å²) in [5, 5.41) is 0. The van der Waals surface area contributed by atoms with E-state index in [0.717, 1.165) is 35.5 Å². The molecule has 0 aromatic heterocycles. The lowest BCUT2D eigenvalue weighted by Crippen LogP contribution is -2.39. The van der Waals surface area contributed by atoms with Gasteiger partial charge in [-0.3, -0.25) is 4.79 Å². The summed E-state index contributed by atoms with van der Waals surface area (Å²) < 4.78 is 31.5. The van der Waals surface area contributed by atoms with Gasteiger partial charge in [0.1, 0.15) is 5.75 Å². The Morgan fingerprint density at radius 1 is 0.917 bits per heavy atom. The van der Waals surface area contributed by atoms with Crippen LogP contribution in [0.3, 0.4) is 0 Å². The molecule has 0 saturated carbocycles. The molecule has 0 N–H and O–H groups in total. The van der Waals surface area contributed by atoms with Gasteiger partial charge in [0, 0.05) is 18.3 Å². The molecule has 0 atom stereocenters. The minimum atomic E-state index is -3.72. The van der Waals surface area contributed by atoms with Crippen molar-refractivity contribution in [2.45, 2.75) is 90.4 Å². The molecule has 36 heavy (non-hydrogen) atoms. The molecule has 1 heterocycles. The first-order chi connectivity index (χ1) is 17.3. The molecule has 0 spiro atoms. The fraction of sp³-hybridized carbons (Fsp3) is 0.621. The van der Waals surface area contributed by atoms with Gasteiger partial charge in [-0.1, -0.05) is 89.7 Å². The molecule has 6 nitrogen and oxygen atoms in total. The summed E-state index contributed by atoms with van der Waals surface area (Å²) in [5.74, 6) is 0.161. The number of amides is 1. The molecule has 0 bridgehead atoms. The molecule has 1 aromatic carbocycles. The predicted octanol–water partition coefficient (Wildman–Crippen LogP) is 6.90. The van der Waals surface area contributed by atoms with Crippen molar-refractivity contribution in [1.82, 2.24) is 9.21 Å². The van der Waals surface area contributed by atoms with Crippen molar-refractivity contribution in [1.29, 1.82) is 0 Å². The van der Waals surface area contributed by atoms with E-state index in [-0.39, 0.29) is 6.54 Å². The lowest BCUT2D eigenvalue weighted by molar-refractivity contribution is 0.0866. The number of ether oxygens (including phenoxy) is 1.